The summed E-state index contributed by atoms with van der Waals surface area (Å²) in [5.74, 6) is 0. The molecule has 0 saturated carbocycles. The second kappa shape index (κ2) is 7.27. The van der Waals surface area contributed by atoms with Crippen molar-refractivity contribution in [2.75, 3.05) is 0 Å². The molecule has 0 amide bonds. The topological polar surface area (TPSA) is 35.6 Å². The molecule has 2 aliphatic rings. The van der Waals surface area contributed by atoms with E-state index in [1.165, 1.54) is 71.5 Å². The van der Waals surface area contributed by atoms with Gasteiger partial charge in [0, 0.05) is 11.1 Å². The molecule has 41 heavy (non-hydrogen) atoms. The highest BCUT2D eigenvalue weighted by Crippen LogP contribution is 2.39. The van der Waals surface area contributed by atoms with Gasteiger partial charge in [-0.1, -0.05) is 90.1 Å². The molecule has 0 bridgehead atoms. The molecular formula is C36H31BN4. The minimum absolute atomic E-state index is 0.0101. The number of rotatable bonds is 0. The van der Waals surface area contributed by atoms with E-state index < -0.39 is 0 Å². The molecule has 0 saturated heterocycles. The lowest BCUT2D eigenvalue weighted by atomic mass is 9.33. The molecule has 198 valence electrons. The van der Waals surface area contributed by atoms with Crippen LogP contribution in [-0.2, 0) is 10.8 Å². The van der Waals surface area contributed by atoms with Crippen molar-refractivity contribution >= 4 is 66.7 Å². The first-order chi connectivity index (χ1) is 19.6. The van der Waals surface area contributed by atoms with Crippen LogP contribution < -0.4 is 16.4 Å². The van der Waals surface area contributed by atoms with Crippen molar-refractivity contribution in [3.8, 4) is 11.4 Å². The van der Waals surface area contributed by atoms with E-state index in [4.69, 9.17) is 9.97 Å². The minimum Gasteiger partial charge on any atom is -0.300 e. The van der Waals surface area contributed by atoms with Crippen LogP contribution in [0.2, 0.25) is 0 Å². The summed E-state index contributed by atoms with van der Waals surface area (Å²) in [7, 11) is 0. The van der Waals surface area contributed by atoms with Gasteiger partial charge in [-0.25, -0.2) is 9.97 Å². The predicted octanol–water partition coefficient (Wildman–Crippen LogP) is 6.41. The summed E-state index contributed by atoms with van der Waals surface area (Å²) < 4.78 is 4.72. The highest BCUT2D eigenvalue weighted by atomic mass is 15.1. The van der Waals surface area contributed by atoms with Crippen molar-refractivity contribution < 1.29 is 0 Å². The average Bonchev–Trinajstić information content (AvgIpc) is 3.56. The predicted molar refractivity (Wildman–Crippen MR) is 173 cm³/mol. The third-order valence-electron chi connectivity index (χ3n) is 9.51. The first-order valence-corrected chi connectivity index (χ1v) is 14.6. The number of hydrogen-bond acceptors (Lipinski definition) is 2. The average molecular weight is 530 g/mol. The SMILES string of the molecule is CC(C)(C)c1cc2c3c(c1)ncn3-c1cc3ccc4ccccc4c3c3c1B2c1cc(C(C)(C)C)cc2ncn-3c12. The number of imidazole rings is 2. The minimum atomic E-state index is 0.0101. The van der Waals surface area contributed by atoms with Crippen LogP contribution in [0.1, 0.15) is 52.7 Å². The molecule has 4 heterocycles. The molecule has 4 nitrogen and oxygen atoms in total. The maximum atomic E-state index is 5.06. The van der Waals surface area contributed by atoms with E-state index in [0.717, 1.165) is 11.0 Å². The molecular weight excluding hydrogens is 499 g/mol. The molecule has 2 aromatic heterocycles. The molecule has 0 spiro atoms. The fourth-order valence-electron chi connectivity index (χ4n) is 7.38. The summed E-state index contributed by atoms with van der Waals surface area (Å²) in [5.41, 5.74) is 13.8. The molecule has 0 atom stereocenters. The highest BCUT2D eigenvalue weighted by molar-refractivity contribution is 7.00. The molecule has 5 heteroatoms. The van der Waals surface area contributed by atoms with E-state index in [0.29, 0.717) is 0 Å². The second-order valence-electron chi connectivity index (χ2n) is 14.1. The Morgan fingerprint density at radius 1 is 0.634 bits per heavy atom. The van der Waals surface area contributed by atoms with Crippen molar-refractivity contribution in [3.05, 3.63) is 90.5 Å². The molecule has 5 aromatic carbocycles. The molecule has 7 aromatic rings. The van der Waals surface area contributed by atoms with Crippen LogP contribution in [0.3, 0.4) is 0 Å². The number of benzene rings is 5. The van der Waals surface area contributed by atoms with Crippen molar-refractivity contribution in [1.82, 2.24) is 19.1 Å². The smallest absolute Gasteiger partial charge is 0.252 e. The highest BCUT2D eigenvalue weighted by Gasteiger charge is 2.42. The molecule has 2 aliphatic heterocycles. The van der Waals surface area contributed by atoms with Crippen molar-refractivity contribution in [2.24, 2.45) is 0 Å². The monoisotopic (exact) mass is 530 g/mol. The zero-order chi connectivity index (χ0) is 28.0. The van der Waals surface area contributed by atoms with Gasteiger partial charge in [0.15, 0.2) is 0 Å². The summed E-state index contributed by atoms with van der Waals surface area (Å²) >= 11 is 0. The van der Waals surface area contributed by atoms with Gasteiger partial charge in [-0.15, -0.1) is 0 Å². The fourth-order valence-corrected chi connectivity index (χ4v) is 7.38. The van der Waals surface area contributed by atoms with Gasteiger partial charge in [0.05, 0.1) is 27.8 Å². The Morgan fingerprint density at radius 2 is 1.22 bits per heavy atom. The quantitative estimate of drug-likeness (QED) is 0.168. The van der Waals surface area contributed by atoms with Crippen molar-refractivity contribution in [1.29, 1.82) is 0 Å². The van der Waals surface area contributed by atoms with Gasteiger partial charge < -0.3 is 0 Å². The number of hydrogen-bond donors (Lipinski definition) is 0. The Kier molecular flexibility index (Phi) is 4.14. The molecule has 0 unspecified atom stereocenters. The van der Waals surface area contributed by atoms with Gasteiger partial charge in [0.2, 0.25) is 0 Å². The lowest BCUT2D eigenvalue weighted by Crippen LogP contribution is -2.59. The number of fused-ring (bicyclic) bond motifs is 8. The maximum Gasteiger partial charge on any atom is 0.252 e. The first-order valence-electron chi connectivity index (χ1n) is 14.6. The molecule has 0 N–H and O–H groups in total. The van der Waals surface area contributed by atoms with Crippen LogP contribution in [0, 0.1) is 0 Å². The summed E-state index contributed by atoms with van der Waals surface area (Å²) in [4.78, 5) is 10.1. The summed E-state index contributed by atoms with van der Waals surface area (Å²) in [6.45, 7) is 13.9. The zero-order valence-electron chi connectivity index (χ0n) is 24.4. The van der Waals surface area contributed by atoms with E-state index in [-0.39, 0.29) is 17.5 Å². The number of aromatic nitrogens is 4. The summed E-state index contributed by atoms with van der Waals surface area (Å²) in [5, 5.41) is 5.07. The Labute approximate surface area is 239 Å². The van der Waals surface area contributed by atoms with E-state index >= 15 is 0 Å². The van der Waals surface area contributed by atoms with E-state index in [1.54, 1.807) is 0 Å². The van der Waals surface area contributed by atoms with Crippen LogP contribution in [0.4, 0.5) is 0 Å². The Balaban J connectivity index is 1.55. The van der Waals surface area contributed by atoms with Crippen LogP contribution in [0.25, 0.3) is 55.0 Å². The fraction of sp³-hybridized carbons (Fsp3) is 0.222. The van der Waals surface area contributed by atoms with Gasteiger partial charge in [0.25, 0.3) is 6.71 Å². The lowest BCUT2D eigenvalue weighted by Gasteiger charge is -2.35. The second-order valence-corrected chi connectivity index (χ2v) is 14.1. The Hall–Kier alpha value is -4.38. The Morgan fingerprint density at radius 3 is 1.88 bits per heavy atom. The van der Waals surface area contributed by atoms with Crippen LogP contribution in [0.15, 0.2) is 79.4 Å². The standard InChI is InChI=1S/C36H31BN4/c1-35(2,3)22-14-25-32-27(16-22)38-18-40(32)29-13-21-12-11-20-9-7-8-10-24(20)30(21)34-31(29)37(25)26-15-23(36(4,5)6)17-28-33(26)41(34)19-39-28/h7-19H,1-6H3. The van der Waals surface area contributed by atoms with Crippen LogP contribution in [-0.4, -0.2) is 25.8 Å². The van der Waals surface area contributed by atoms with Crippen molar-refractivity contribution in [3.63, 3.8) is 0 Å². The third kappa shape index (κ3) is 2.91. The van der Waals surface area contributed by atoms with Gasteiger partial charge in [0.1, 0.15) is 12.7 Å². The lowest BCUT2D eigenvalue weighted by molar-refractivity contribution is 0.591. The normalized spacial score (nSPS) is 14.0. The van der Waals surface area contributed by atoms with E-state index in [9.17, 15) is 0 Å². The molecule has 0 radical (unpaired) electrons. The third-order valence-corrected chi connectivity index (χ3v) is 9.51. The molecule has 9 rings (SSSR count). The number of nitrogens with zero attached hydrogens (tertiary/aromatic N) is 4. The first kappa shape index (κ1) is 23.3. The van der Waals surface area contributed by atoms with Crippen LogP contribution >= 0.6 is 0 Å². The van der Waals surface area contributed by atoms with Crippen LogP contribution in [0.5, 0.6) is 0 Å². The van der Waals surface area contributed by atoms with Gasteiger partial charge >= 0.3 is 0 Å². The van der Waals surface area contributed by atoms with Gasteiger partial charge in [-0.05, 0) is 72.7 Å². The van der Waals surface area contributed by atoms with Gasteiger partial charge in [-0.3, -0.25) is 9.13 Å². The molecule has 0 fully saturated rings. The van der Waals surface area contributed by atoms with Gasteiger partial charge in [-0.2, -0.15) is 0 Å². The largest absolute Gasteiger partial charge is 0.300 e. The summed E-state index contributed by atoms with van der Waals surface area (Å²) in [6, 6.07) is 25.2. The van der Waals surface area contributed by atoms with E-state index in [2.05, 4.69) is 124 Å². The molecule has 0 aliphatic carbocycles. The van der Waals surface area contributed by atoms with E-state index in [1.807, 2.05) is 6.33 Å². The zero-order valence-corrected chi connectivity index (χ0v) is 24.4. The maximum absolute atomic E-state index is 5.06. The van der Waals surface area contributed by atoms with Crippen molar-refractivity contribution in [2.45, 2.75) is 52.4 Å². The Bertz CT molecular complexity index is 2290. The summed E-state index contributed by atoms with van der Waals surface area (Å²) in [6.07, 6.45) is 4.09.